The molecule has 0 aliphatic carbocycles. The summed E-state index contributed by atoms with van der Waals surface area (Å²) in [4.78, 5) is 0. The number of benzene rings is 1. The summed E-state index contributed by atoms with van der Waals surface area (Å²) in [6.07, 6.45) is 2.44. The lowest BCUT2D eigenvalue weighted by Gasteiger charge is -2.13. The number of anilines is 1. The van der Waals surface area contributed by atoms with E-state index in [0.29, 0.717) is 12.8 Å². The van der Waals surface area contributed by atoms with Crippen molar-refractivity contribution in [2.45, 2.75) is 24.5 Å². The van der Waals surface area contributed by atoms with Crippen molar-refractivity contribution >= 4 is 22.0 Å². The van der Waals surface area contributed by atoms with E-state index in [1.807, 2.05) is 30.3 Å². The van der Waals surface area contributed by atoms with Gasteiger partial charge >= 0.3 is 0 Å². The van der Waals surface area contributed by atoms with Gasteiger partial charge in [0.05, 0.1) is 10.9 Å². The summed E-state index contributed by atoms with van der Waals surface area (Å²) in [6.45, 7) is 3.60. The van der Waals surface area contributed by atoms with Crippen molar-refractivity contribution in [2.75, 3.05) is 12.1 Å². The van der Waals surface area contributed by atoms with E-state index < -0.39 is 15.4 Å². The number of hydrogen-bond donors (Lipinski definition) is 1. The van der Waals surface area contributed by atoms with E-state index in [9.17, 15) is 8.42 Å². The lowest BCUT2D eigenvalue weighted by atomic mass is 10.2. The molecule has 0 bridgehead atoms. The molecular formula is C13H19N2O3S. The van der Waals surface area contributed by atoms with Crippen LogP contribution in [0.4, 0.5) is 5.69 Å². The fourth-order valence-corrected chi connectivity index (χ4v) is 2.41. The second-order valence-electron chi connectivity index (χ2n) is 4.17. The molecule has 6 heteroatoms. The topological polar surface area (TPSA) is 70.0 Å². The standard InChI is InChI=1S/C13H19N2O3S/c1-3-7-13(19(16,17)18)10-11-14-15(2)12-8-5-4-6-9-12/h4-6,8-9,11,13H,1,3,7,10H2,2H3,(H,16,17,18). The van der Waals surface area contributed by atoms with Gasteiger partial charge in [-0.2, -0.15) is 13.5 Å². The number of rotatable bonds is 7. The molecule has 0 aromatic heterocycles. The van der Waals surface area contributed by atoms with Crippen molar-refractivity contribution in [1.29, 1.82) is 0 Å². The lowest BCUT2D eigenvalue weighted by molar-refractivity contribution is 0.463. The van der Waals surface area contributed by atoms with Crippen molar-refractivity contribution in [3.05, 3.63) is 37.3 Å². The van der Waals surface area contributed by atoms with Crippen LogP contribution in [0.5, 0.6) is 0 Å². The summed E-state index contributed by atoms with van der Waals surface area (Å²) < 4.78 is 31.3. The minimum absolute atomic E-state index is 0.172. The van der Waals surface area contributed by atoms with Crippen molar-refractivity contribution in [2.24, 2.45) is 5.10 Å². The Morgan fingerprint density at radius 1 is 1.42 bits per heavy atom. The Balaban J connectivity index is 2.62. The van der Waals surface area contributed by atoms with Crippen LogP contribution in [0, 0.1) is 6.92 Å². The third kappa shape index (κ3) is 5.40. The highest BCUT2D eigenvalue weighted by molar-refractivity contribution is 7.86. The summed E-state index contributed by atoms with van der Waals surface area (Å²) in [5, 5.41) is 4.95. The molecule has 1 unspecified atom stereocenters. The maximum Gasteiger partial charge on any atom is 0.268 e. The van der Waals surface area contributed by atoms with Gasteiger partial charge in [-0.15, -0.1) is 0 Å². The second kappa shape index (κ2) is 7.25. The average molecular weight is 283 g/mol. The molecule has 1 rings (SSSR count). The van der Waals surface area contributed by atoms with Gasteiger partial charge in [0.15, 0.2) is 0 Å². The number of hydrogen-bond acceptors (Lipinski definition) is 4. The van der Waals surface area contributed by atoms with Gasteiger partial charge in [0, 0.05) is 19.7 Å². The zero-order valence-electron chi connectivity index (χ0n) is 10.9. The number of nitrogens with zero attached hydrogens (tertiary/aromatic N) is 2. The zero-order chi connectivity index (χ0) is 14.3. The van der Waals surface area contributed by atoms with Crippen LogP contribution in [0.15, 0.2) is 35.4 Å². The number of para-hydroxylation sites is 1. The van der Waals surface area contributed by atoms with Gasteiger partial charge in [0.1, 0.15) is 0 Å². The van der Waals surface area contributed by atoms with Gasteiger partial charge in [0.25, 0.3) is 10.1 Å². The summed E-state index contributed by atoms with van der Waals surface area (Å²) in [5.41, 5.74) is 0.902. The summed E-state index contributed by atoms with van der Waals surface area (Å²) in [5.74, 6) is 0. The molecule has 0 aliphatic rings. The normalized spacial score (nSPS) is 13.6. The van der Waals surface area contributed by atoms with Crippen LogP contribution in [-0.2, 0) is 10.1 Å². The van der Waals surface area contributed by atoms with E-state index in [4.69, 9.17) is 4.55 Å². The van der Waals surface area contributed by atoms with Crippen LogP contribution in [0.2, 0.25) is 0 Å². The van der Waals surface area contributed by atoms with Gasteiger partial charge in [0.2, 0.25) is 0 Å². The first-order valence-electron chi connectivity index (χ1n) is 6.02. The fraction of sp³-hybridized carbons (Fsp3) is 0.385. The molecule has 1 aromatic rings. The Morgan fingerprint density at radius 2 is 2.05 bits per heavy atom. The highest BCUT2D eigenvalue weighted by Gasteiger charge is 2.20. The Morgan fingerprint density at radius 3 is 2.58 bits per heavy atom. The van der Waals surface area contributed by atoms with Crippen LogP contribution in [-0.4, -0.2) is 31.5 Å². The summed E-state index contributed by atoms with van der Waals surface area (Å²) in [7, 11) is -2.27. The molecule has 0 aliphatic heterocycles. The second-order valence-corrected chi connectivity index (χ2v) is 5.87. The third-order valence-corrected chi connectivity index (χ3v) is 3.97. The molecule has 1 atom stereocenters. The summed E-state index contributed by atoms with van der Waals surface area (Å²) in [6, 6.07) is 9.49. The van der Waals surface area contributed by atoms with E-state index in [1.54, 1.807) is 12.1 Å². The molecule has 1 radical (unpaired) electrons. The van der Waals surface area contributed by atoms with Crippen molar-refractivity contribution in [1.82, 2.24) is 0 Å². The van der Waals surface area contributed by atoms with E-state index in [-0.39, 0.29) is 6.42 Å². The lowest BCUT2D eigenvalue weighted by Crippen LogP contribution is -2.21. The molecule has 19 heavy (non-hydrogen) atoms. The Labute approximate surface area is 114 Å². The van der Waals surface area contributed by atoms with Crippen LogP contribution in [0.25, 0.3) is 0 Å². The minimum Gasteiger partial charge on any atom is -0.285 e. The van der Waals surface area contributed by atoms with E-state index >= 15 is 0 Å². The molecule has 0 spiro atoms. The number of hydrazone groups is 1. The summed E-state index contributed by atoms with van der Waals surface area (Å²) >= 11 is 0. The first kappa shape index (κ1) is 15.7. The van der Waals surface area contributed by atoms with Crippen LogP contribution in [0.1, 0.15) is 19.3 Å². The maximum atomic E-state index is 11.1. The molecule has 0 saturated heterocycles. The Kier molecular flexibility index (Phi) is 5.98. The average Bonchev–Trinajstić information content (AvgIpc) is 2.37. The largest absolute Gasteiger partial charge is 0.285 e. The van der Waals surface area contributed by atoms with Crippen LogP contribution in [0.3, 0.4) is 0 Å². The Hall–Kier alpha value is -1.40. The molecule has 1 N–H and O–H groups in total. The van der Waals surface area contributed by atoms with Crippen molar-refractivity contribution in [3.63, 3.8) is 0 Å². The van der Waals surface area contributed by atoms with Gasteiger partial charge in [-0.3, -0.25) is 9.56 Å². The van der Waals surface area contributed by atoms with Gasteiger partial charge < -0.3 is 0 Å². The molecule has 5 nitrogen and oxygen atoms in total. The molecule has 0 amide bonds. The fourth-order valence-electron chi connectivity index (χ4n) is 1.61. The van der Waals surface area contributed by atoms with Crippen LogP contribution < -0.4 is 5.01 Å². The molecule has 105 valence electrons. The first-order valence-corrected chi connectivity index (χ1v) is 7.52. The van der Waals surface area contributed by atoms with E-state index in [0.717, 1.165) is 5.69 Å². The quantitative estimate of drug-likeness (QED) is 0.474. The highest BCUT2D eigenvalue weighted by Crippen LogP contribution is 2.12. The predicted octanol–water partition coefficient (Wildman–Crippen LogP) is 2.37. The van der Waals surface area contributed by atoms with Gasteiger partial charge in [-0.05, 0) is 18.6 Å². The zero-order valence-corrected chi connectivity index (χ0v) is 11.8. The smallest absolute Gasteiger partial charge is 0.268 e. The highest BCUT2D eigenvalue weighted by atomic mass is 32.2. The van der Waals surface area contributed by atoms with Crippen LogP contribution >= 0.6 is 0 Å². The maximum absolute atomic E-state index is 11.1. The Bertz CT molecular complexity index is 500. The van der Waals surface area contributed by atoms with Gasteiger partial charge in [-0.25, -0.2) is 0 Å². The molecule has 0 fully saturated rings. The molecule has 0 heterocycles. The van der Waals surface area contributed by atoms with E-state index in [1.165, 1.54) is 6.21 Å². The molecule has 1 aromatic carbocycles. The molecule has 0 saturated carbocycles. The van der Waals surface area contributed by atoms with E-state index in [2.05, 4.69) is 12.0 Å². The van der Waals surface area contributed by atoms with Gasteiger partial charge in [-0.1, -0.05) is 31.5 Å². The predicted molar refractivity (Wildman–Crippen MR) is 77.9 cm³/mol. The van der Waals surface area contributed by atoms with Crippen molar-refractivity contribution in [3.8, 4) is 0 Å². The monoisotopic (exact) mass is 283 g/mol. The first-order chi connectivity index (χ1) is 8.95. The van der Waals surface area contributed by atoms with Crippen molar-refractivity contribution < 1.29 is 13.0 Å². The minimum atomic E-state index is -4.04. The third-order valence-electron chi connectivity index (χ3n) is 2.70. The SMILES string of the molecule is [CH2]CCC(CC=NN(C)c1ccccc1)S(=O)(=O)O. The molecular weight excluding hydrogens is 264 g/mol.